The molecule has 21 heavy (non-hydrogen) atoms. The first-order chi connectivity index (χ1) is 10.1. The molecule has 0 saturated heterocycles. The minimum Gasteiger partial charge on any atom is -0.497 e. The fraction of sp³-hybridized carbons (Fsp3) is 0.438. The maximum atomic E-state index is 5.45. The van der Waals surface area contributed by atoms with Crippen LogP contribution in [-0.2, 0) is 7.05 Å². The predicted molar refractivity (Wildman–Crippen MR) is 82.7 cm³/mol. The normalized spacial score (nSPS) is 13.8. The third-order valence-electron chi connectivity index (χ3n) is 3.65. The van der Waals surface area contributed by atoms with Crippen LogP contribution in [0.1, 0.15) is 37.3 Å². The zero-order valence-corrected chi connectivity index (χ0v) is 13.3. The number of ether oxygens (including phenoxy) is 2. The minimum atomic E-state index is 0.113. The fourth-order valence-corrected chi connectivity index (χ4v) is 2.51. The molecule has 0 radical (unpaired) electrons. The smallest absolute Gasteiger partial charge is 0.125 e. The topological polar surface area (TPSA) is 48.3 Å². The second-order valence-corrected chi connectivity index (χ2v) is 5.11. The largest absolute Gasteiger partial charge is 0.497 e. The number of aryl methyl sites for hydroxylation is 1. The molecule has 1 aromatic carbocycles. The van der Waals surface area contributed by atoms with E-state index in [1.54, 1.807) is 14.2 Å². The van der Waals surface area contributed by atoms with Crippen LogP contribution in [-0.4, -0.2) is 23.8 Å². The van der Waals surface area contributed by atoms with Crippen LogP contribution in [0.5, 0.6) is 11.5 Å². The molecule has 2 rings (SSSR count). The van der Waals surface area contributed by atoms with Gasteiger partial charge in [-0.3, -0.25) is 0 Å². The zero-order chi connectivity index (χ0) is 15.4. The van der Waals surface area contributed by atoms with Crippen molar-refractivity contribution in [1.29, 1.82) is 0 Å². The van der Waals surface area contributed by atoms with Crippen molar-refractivity contribution in [2.75, 3.05) is 14.2 Å². The van der Waals surface area contributed by atoms with Crippen molar-refractivity contribution in [3.05, 3.63) is 42.0 Å². The Morgan fingerprint density at radius 2 is 1.90 bits per heavy atom. The van der Waals surface area contributed by atoms with Crippen LogP contribution in [0.3, 0.4) is 0 Å². The summed E-state index contributed by atoms with van der Waals surface area (Å²) in [5.41, 5.74) is 1.07. The van der Waals surface area contributed by atoms with Gasteiger partial charge < -0.3 is 19.4 Å². The Morgan fingerprint density at radius 1 is 1.14 bits per heavy atom. The molecule has 2 aromatic rings. The van der Waals surface area contributed by atoms with Crippen molar-refractivity contribution >= 4 is 0 Å². The summed E-state index contributed by atoms with van der Waals surface area (Å²) in [6, 6.07) is 6.08. The molecule has 2 unspecified atom stereocenters. The van der Waals surface area contributed by atoms with Crippen LogP contribution in [0.2, 0.25) is 0 Å². The van der Waals surface area contributed by atoms with Gasteiger partial charge in [-0.25, -0.2) is 4.98 Å². The molecule has 0 spiro atoms. The van der Waals surface area contributed by atoms with E-state index < -0.39 is 0 Å². The summed E-state index contributed by atoms with van der Waals surface area (Å²) < 4.78 is 12.8. The van der Waals surface area contributed by atoms with Gasteiger partial charge in [-0.2, -0.15) is 0 Å². The summed E-state index contributed by atoms with van der Waals surface area (Å²) in [6.45, 7) is 4.21. The minimum absolute atomic E-state index is 0.113. The first-order valence-corrected chi connectivity index (χ1v) is 7.02. The Labute approximate surface area is 125 Å². The standard InChI is InChI=1S/C16H23N3O2/c1-11(18-12(2)16-17-8-9-19(16)3)14-10-13(20-4)6-7-15(14)21-5/h6-12,18H,1-5H3. The quantitative estimate of drug-likeness (QED) is 0.888. The van der Waals surface area contributed by atoms with Gasteiger partial charge >= 0.3 is 0 Å². The molecule has 0 aliphatic carbocycles. The van der Waals surface area contributed by atoms with Crippen molar-refractivity contribution < 1.29 is 9.47 Å². The number of nitrogens with one attached hydrogen (secondary N) is 1. The Hall–Kier alpha value is -2.01. The molecule has 5 heteroatoms. The summed E-state index contributed by atoms with van der Waals surface area (Å²) in [6.07, 6.45) is 3.76. The molecular weight excluding hydrogens is 266 g/mol. The van der Waals surface area contributed by atoms with Crippen molar-refractivity contribution in [3.8, 4) is 11.5 Å². The lowest BCUT2D eigenvalue weighted by Crippen LogP contribution is -2.25. The maximum absolute atomic E-state index is 5.45. The van der Waals surface area contributed by atoms with E-state index in [0.29, 0.717) is 0 Å². The van der Waals surface area contributed by atoms with Gasteiger partial charge in [0.05, 0.1) is 20.3 Å². The van der Waals surface area contributed by atoms with Gasteiger partial charge in [0.15, 0.2) is 0 Å². The van der Waals surface area contributed by atoms with Gasteiger partial charge in [0, 0.05) is 31.0 Å². The Bertz CT molecular complexity index is 595. The third kappa shape index (κ3) is 3.36. The van der Waals surface area contributed by atoms with Crippen LogP contribution >= 0.6 is 0 Å². The monoisotopic (exact) mass is 289 g/mol. The van der Waals surface area contributed by atoms with E-state index in [0.717, 1.165) is 22.9 Å². The fourth-order valence-electron chi connectivity index (χ4n) is 2.51. The number of hydrogen-bond donors (Lipinski definition) is 1. The molecule has 1 heterocycles. The van der Waals surface area contributed by atoms with E-state index in [2.05, 4.69) is 24.1 Å². The van der Waals surface area contributed by atoms with Gasteiger partial charge in [0.1, 0.15) is 17.3 Å². The number of aromatic nitrogens is 2. The Morgan fingerprint density at radius 3 is 2.48 bits per heavy atom. The number of methoxy groups -OCH3 is 2. The van der Waals surface area contributed by atoms with Crippen LogP contribution in [0.4, 0.5) is 0 Å². The third-order valence-corrected chi connectivity index (χ3v) is 3.65. The van der Waals surface area contributed by atoms with Crippen molar-refractivity contribution in [3.63, 3.8) is 0 Å². The second-order valence-electron chi connectivity index (χ2n) is 5.11. The van der Waals surface area contributed by atoms with Gasteiger partial charge in [-0.15, -0.1) is 0 Å². The van der Waals surface area contributed by atoms with E-state index in [4.69, 9.17) is 9.47 Å². The predicted octanol–water partition coefficient (Wildman–Crippen LogP) is 2.85. The molecule has 1 N–H and O–H groups in total. The summed E-state index contributed by atoms with van der Waals surface area (Å²) in [4.78, 5) is 4.38. The van der Waals surface area contributed by atoms with Crippen LogP contribution < -0.4 is 14.8 Å². The highest BCUT2D eigenvalue weighted by Crippen LogP contribution is 2.30. The van der Waals surface area contributed by atoms with Crippen molar-refractivity contribution in [2.24, 2.45) is 7.05 Å². The molecule has 0 amide bonds. The maximum Gasteiger partial charge on any atom is 0.125 e. The molecule has 0 aliphatic heterocycles. The highest BCUT2D eigenvalue weighted by molar-refractivity contribution is 5.42. The zero-order valence-electron chi connectivity index (χ0n) is 13.3. The number of imidazole rings is 1. The summed E-state index contributed by atoms with van der Waals surface area (Å²) >= 11 is 0. The van der Waals surface area contributed by atoms with Crippen LogP contribution in [0.15, 0.2) is 30.6 Å². The molecule has 114 valence electrons. The van der Waals surface area contributed by atoms with Gasteiger partial charge in [-0.05, 0) is 32.0 Å². The first-order valence-electron chi connectivity index (χ1n) is 7.02. The van der Waals surface area contributed by atoms with Gasteiger partial charge in [0.2, 0.25) is 0 Å². The van der Waals surface area contributed by atoms with Crippen molar-refractivity contribution in [2.45, 2.75) is 25.9 Å². The van der Waals surface area contributed by atoms with Gasteiger partial charge in [-0.1, -0.05) is 0 Å². The highest BCUT2D eigenvalue weighted by Gasteiger charge is 2.17. The van der Waals surface area contributed by atoms with Crippen LogP contribution in [0.25, 0.3) is 0 Å². The lowest BCUT2D eigenvalue weighted by Gasteiger charge is -2.22. The molecule has 5 nitrogen and oxygen atoms in total. The number of nitrogens with zero attached hydrogens (tertiary/aromatic N) is 2. The first kappa shape index (κ1) is 15.4. The average Bonchev–Trinajstić information content (AvgIpc) is 2.92. The molecule has 0 aliphatic rings. The summed E-state index contributed by atoms with van der Waals surface area (Å²) in [7, 11) is 5.34. The van der Waals surface area contributed by atoms with Crippen molar-refractivity contribution in [1.82, 2.24) is 14.9 Å². The summed E-state index contributed by atoms with van der Waals surface area (Å²) in [5, 5.41) is 3.55. The van der Waals surface area contributed by atoms with Gasteiger partial charge in [0.25, 0.3) is 0 Å². The van der Waals surface area contributed by atoms with E-state index in [-0.39, 0.29) is 12.1 Å². The van der Waals surface area contributed by atoms with E-state index in [1.807, 2.05) is 42.2 Å². The SMILES string of the molecule is COc1ccc(OC)c(C(C)NC(C)c2nccn2C)c1. The average molecular weight is 289 g/mol. The lowest BCUT2D eigenvalue weighted by atomic mass is 10.1. The molecule has 0 bridgehead atoms. The van der Waals surface area contributed by atoms with Crippen LogP contribution in [0, 0.1) is 0 Å². The number of rotatable bonds is 6. The highest BCUT2D eigenvalue weighted by atomic mass is 16.5. The number of benzene rings is 1. The molecule has 0 fully saturated rings. The lowest BCUT2D eigenvalue weighted by molar-refractivity contribution is 0.385. The molecule has 0 saturated carbocycles. The second kappa shape index (κ2) is 6.63. The molecule has 2 atom stereocenters. The van der Waals surface area contributed by atoms with E-state index >= 15 is 0 Å². The molecule has 1 aromatic heterocycles. The van der Waals surface area contributed by atoms with E-state index in [1.165, 1.54) is 0 Å². The van der Waals surface area contributed by atoms with E-state index in [9.17, 15) is 0 Å². The Balaban J connectivity index is 2.19. The summed E-state index contributed by atoms with van der Waals surface area (Å²) in [5.74, 6) is 2.68. The molecular formula is C16H23N3O2. The number of hydrogen-bond acceptors (Lipinski definition) is 4. The Kier molecular flexibility index (Phi) is 4.85.